The van der Waals surface area contributed by atoms with Crippen LogP contribution in [0.2, 0.25) is 5.15 Å². The molecule has 0 spiro atoms. The molecular formula is C17H16ClN3. The van der Waals surface area contributed by atoms with Crippen LogP contribution < -0.4 is 5.32 Å². The van der Waals surface area contributed by atoms with E-state index in [1.807, 2.05) is 67.6 Å². The molecule has 106 valence electrons. The Morgan fingerprint density at radius 1 is 1.00 bits per heavy atom. The van der Waals surface area contributed by atoms with Crippen molar-refractivity contribution in [2.45, 2.75) is 13.5 Å². The van der Waals surface area contributed by atoms with Crippen molar-refractivity contribution in [3.8, 4) is 5.69 Å². The van der Waals surface area contributed by atoms with E-state index < -0.39 is 0 Å². The minimum atomic E-state index is 0.654. The number of halogens is 1. The van der Waals surface area contributed by atoms with Gasteiger partial charge in [0, 0.05) is 17.8 Å². The average molecular weight is 298 g/mol. The molecule has 0 unspecified atom stereocenters. The SMILES string of the molecule is Cc1nn(-c2ccccc2)c(Cl)c1CNc1ccccc1. The fourth-order valence-corrected chi connectivity index (χ4v) is 2.56. The maximum Gasteiger partial charge on any atom is 0.138 e. The van der Waals surface area contributed by atoms with Crippen LogP contribution in [-0.4, -0.2) is 9.78 Å². The number of rotatable bonds is 4. The van der Waals surface area contributed by atoms with Crippen LogP contribution in [0.25, 0.3) is 5.69 Å². The first kappa shape index (κ1) is 13.7. The van der Waals surface area contributed by atoms with Crippen LogP contribution in [0.4, 0.5) is 5.69 Å². The Kier molecular flexibility index (Phi) is 3.93. The highest BCUT2D eigenvalue weighted by Gasteiger charge is 2.14. The molecule has 21 heavy (non-hydrogen) atoms. The Morgan fingerprint density at radius 2 is 1.62 bits per heavy atom. The lowest BCUT2D eigenvalue weighted by Gasteiger charge is -2.06. The summed E-state index contributed by atoms with van der Waals surface area (Å²) in [4.78, 5) is 0. The Bertz CT molecular complexity index is 721. The summed E-state index contributed by atoms with van der Waals surface area (Å²) in [5, 5.41) is 8.56. The number of hydrogen-bond acceptors (Lipinski definition) is 2. The smallest absolute Gasteiger partial charge is 0.138 e. The lowest BCUT2D eigenvalue weighted by molar-refractivity contribution is 0.863. The summed E-state index contributed by atoms with van der Waals surface area (Å²) in [6.45, 7) is 2.63. The first-order valence-corrected chi connectivity index (χ1v) is 7.22. The van der Waals surface area contributed by atoms with Gasteiger partial charge < -0.3 is 5.32 Å². The molecule has 0 radical (unpaired) electrons. The Balaban J connectivity index is 1.85. The van der Waals surface area contributed by atoms with E-state index in [1.165, 1.54) is 0 Å². The number of aryl methyl sites for hydroxylation is 1. The van der Waals surface area contributed by atoms with Crippen molar-refractivity contribution in [2.24, 2.45) is 0 Å². The third-order valence-corrected chi connectivity index (χ3v) is 3.75. The van der Waals surface area contributed by atoms with Gasteiger partial charge in [0.25, 0.3) is 0 Å². The van der Waals surface area contributed by atoms with E-state index >= 15 is 0 Å². The van der Waals surface area contributed by atoms with Crippen LogP contribution in [0, 0.1) is 6.92 Å². The molecule has 0 fully saturated rings. The second-order valence-electron chi connectivity index (χ2n) is 4.82. The molecule has 3 rings (SSSR count). The molecule has 2 aromatic carbocycles. The summed E-state index contributed by atoms with van der Waals surface area (Å²) in [6.07, 6.45) is 0. The molecule has 0 saturated heterocycles. The predicted molar refractivity (Wildman–Crippen MR) is 87.1 cm³/mol. The zero-order chi connectivity index (χ0) is 14.7. The molecule has 3 nitrogen and oxygen atoms in total. The third-order valence-electron chi connectivity index (χ3n) is 3.37. The van der Waals surface area contributed by atoms with Crippen molar-refractivity contribution in [1.29, 1.82) is 0 Å². The van der Waals surface area contributed by atoms with Gasteiger partial charge >= 0.3 is 0 Å². The number of benzene rings is 2. The first-order chi connectivity index (χ1) is 10.3. The van der Waals surface area contributed by atoms with Gasteiger partial charge in [-0.1, -0.05) is 48.0 Å². The van der Waals surface area contributed by atoms with Crippen molar-refractivity contribution in [1.82, 2.24) is 9.78 Å². The molecule has 0 aliphatic rings. The maximum absolute atomic E-state index is 6.49. The first-order valence-electron chi connectivity index (χ1n) is 6.84. The van der Waals surface area contributed by atoms with Gasteiger partial charge in [0.15, 0.2) is 0 Å². The molecule has 1 aromatic heterocycles. The van der Waals surface area contributed by atoms with Gasteiger partial charge in [0.05, 0.1) is 11.4 Å². The van der Waals surface area contributed by atoms with E-state index in [0.29, 0.717) is 11.7 Å². The summed E-state index contributed by atoms with van der Waals surface area (Å²) >= 11 is 6.49. The molecule has 3 aromatic rings. The van der Waals surface area contributed by atoms with Crippen LogP contribution in [0.5, 0.6) is 0 Å². The summed E-state index contributed by atoms with van der Waals surface area (Å²) in [6, 6.07) is 20.0. The van der Waals surface area contributed by atoms with Gasteiger partial charge in [-0.05, 0) is 31.2 Å². The summed E-state index contributed by atoms with van der Waals surface area (Å²) in [5.74, 6) is 0. The molecular weight excluding hydrogens is 282 g/mol. The topological polar surface area (TPSA) is 29.9 Å². The lowest BCUT2D eigenvalue weighted by Crippen LogP contribution is -2.00. The van der Waals surface area contributed by atoms with E-state index in [1.54, 1.807) is 4.68 Å². The second kappa shape index (κ2) is 6.02. The molecule has 4 heteroatoms. The standard InChI is InChI=1S/C17H16ClN3/c1-13-16(12-19-14-8-4-2-5-9-14)17(18)21(20-13)15-10-6-3-7-11-15/h2-11,19H,12H2,1H3. The molecule has 1 heterocycles. The van der Waals surface area contributed by atoms with Crippen molar-refractivity contribution in [3.05, 3.63) is 77.1 Å². The van der Waals surface area contributed by atoms with E-state index in [0.717, 1.165) is 22.6 Å². The lowest BCUT2D eigenvalue weighted by atomic mass is 10.2. The van der Waals surface area contributed by atoms with Gasteiger partial charge in [-0.15, -0.1) is 0 Å². The molecule has 0 aliphatic heterocycles. The van der Waals surface area contributed by atoms with E-state index in [9.17, 15) is 0 Å². The minimum absolute atomic E-state index is 0.654. The van der Waals surface area contributed by atoms with Gasteiger partial charge in [-0.3, -0.25) is 0 Å². The van der Waals surface area contributed by atoms with Crippen LogP contribution in [0.1, 0.15) is 11.3 Å². The second-order valence-corrected chi connectivity index (χ2v) is 5.18. The number of nitrogens with one attached hydrogen (secondary N) is 1. The van der Waals surface area contributed by atoms with Crippen LogP contribution >= 0.6 is 11.6 Å². The van der Waals surface area contributed by atoms with Crippen LogP contribution in [0.3, 0.4) is 0 Å². The monoisotopic (exact) mass is 297 g/mol. The zero-order valence-electron chi connectivity index (χ0n) is 11.8. The highest BCUT2D eigenvalue weighted by Crippen LogP contribution is 2.24. The Labute approximate surface area is 129 Å². The average Bonchev–Trinajstić information content (AvgIpc) is 2.82. The largest absolute Gasteiger partial charge is 0.381 e. The number of aromatic nitrogens is 2. The Hall–Kier alpha value is -2.26. The van der Waals surface area contributed by atoms with Crippen LogP contribution in [0.15, 0.2) is 60.7 Å². The minimum Gasteiger partial charge on any atom is -0.381 e. The molecule has 0 saturated carbocycles. The molecule has 0 aliphatic carbocycles. The molecule has 0 amide bonds. The van der Waals surface area contributed by atoms with Crippen molar-refractivity contribution in [2.75, 3.05) is 5.32 Å². The van der Waals surface area contributed by atoms with Gasteiger partial charge in [0.2, 0.25) is 0 Å². The third kappa shape index (κ3) is 2.93. The van der Waals surface area contributed by atoms with Crippen molar-refractivity contribution in [3.63, 3.8) is 0 Å². The zero-order valence-corrected chi connectivity index (χ0v) is 12.5. The molecule has 1 N–H and O–H groups in total. The van der Waals surface area contributed by atoms with E-state index in [-0.39, 0.29) is 0 Å². The van der Waals surface area contributed by atoms with Crippen molar-refractivity contribution < 1.29 is 0 Å². The molecule has 0 bridgehead atoms. The van der Waals surface area contributed by atoms with Crippen LogP contribution in [-0.2, 0) is 6.54 Å². The normalized spacial score (nSPS) is 10.6. The molecule has 0 atom stereocenters. The number of para-hydroxylation sites is 2. The fourth-order valence-electron chi connectivity index (χ4n) is 2.22. The number of anilines is 1. The van der Waals surface area contributed by atoms with Gasteiger partial charge in [-0.25, -0.2) is 4.68 Å². The van der Waals surface area contributed by atoms with Gasteiger partial charge in [-0.2, -0.15) is 5.10 Å². The summed E-state index contributed by atoms with van der Waals surface area (Å²) < 4.78 is 1.78. The quantitative estimate of drug-likeness (QED) is 0.771. The van der Waals surface area contributed by atoms with E-state index in [2.05, 4.69) is 10.4 Å². The predicted octanol–water partition coefficient (Wildman–Crippen LogP) is 4.45. The van der Waals surface area contributed by atoms with Crippen molar-refractivity contribution >= 4 is 17.3 Å². The number of nitrogens with zero attached hydrogens (tertiary/aromatic N) is 2. The van der Waals surface area contributed by atoms with E-state index in [4.69, 9.17) is 11.6 Å². The Morgan fingerprint density at radius 3 is 2.29 bits per heavy atom. The summed E-state index contributed by atoms with van der Waals surface area (Å²) in [5.41, 5.74) is 3.99. The van der Waals surface area contributed by atoms with Gasteiger partial charge in [0.1, 0.15) is 5.15 Å². The highest BCUT2D eigenvalue weighted by molar-refractivity contribution is 6.30. The maximum atomic E-state index is 6.49. The number of hydrogen-bond donors (Lipinski definition) is 1. The highest BCUT2D eigenvalue weighted by atomic mass is 35.5. The fraction of sp³-hybridized carbons (Fsp3) is 0.118. The summed E-state index contributed by atoms with van der Waals surface area (Å²) in [7, 11) is 0.